The molecular weight excluding hydrogens is 462 g/mol. The Morgan fingerprint density at radius 3 is 2.51 bits per heavy atom. The maximum Gasteiger partial charge on any atom is 0.247 e. The molecule has 1 saturated heterocycles. The van der Waals surface area contributed by atoms with Crippen LogP contribution in [0.3, 0.4) is 0 Å². The van der Waals surface area contributed by atoms with Crippen LogP contribution in [0.15, 0.2) is 85.1 Å². The Kier molecular flexibility index (Phi) is 6.02. The lowest BCUT2D eigenvalue weighted by Crippen LogP contribution is -2.24. The van der Waals surface area contributed by atoms with Gasteiger partial charge < -0.3 is 10.2 Å². The van der Waals surface area contributed by atoms with Crippen molar-refractivity contribution >= 4 is 23.6 Å². The number of hydrogen-bond donors (Lipinski definition) is 1. The highest BCUT2D eigenvalue weighted by atomic mass is 16.2. The summed E-state index contributed by atoms with van der Waals surface area (Å²) in [5.74, 6) is 0.0886. The molecule has 6 rings (SSSR count). The highest BCUT2D eigenvalue weighted by molar-refractivity contribution is 6.01. The maximum atomic E-state index is 12.9. The first-order valence-electron chi connectivity index (χ1n) is 12.4. The van der Waals surface area contributed by atoms with Crippen molar-refractivity contribution in [2.45, 2.75) is 25.8 Å². The molecule has 0 spiro atoms. The predicted molar refractivity (Wildman–Crippen MR) is 142 cm³/mol. The van der Waals surface area contributed by atoms with Crippen molar-refractivity contribution in [3.8, 4) is 22.3 Å². The largest absolute Gasteiger partial charge is 0.348 e. The van der Waals surface area contributed by atoms with Crippen molar-refractivity contribution < 1.29 is 9.59 Å². The van der Waals surface area contributed by atoms with Crippen molar-refractivity contribution in [3.05, 3.63) is 102 Å². The molecule has 0 atom stereocenters. The van der Waals surface area contributed by atoms with Crippen LogP contribution in [0.25, 0.3) is 28.3 Å². The number of rotatable bonds is 6. The van der Waals surface area contributed by atoms with E-state index in [1.54, 1.807) is 18.6 Å². The molecule has 0 radical (unpaired) electrons. The molecule has 1 fully saturated rings. The quantitative estimate of drug-likeness (QED) is 0.430. The summed E-state index contributed by atoms with van der Waals surface area (Å²) in [6.07, 6.45) is 12.9. The molecular formula is C30H25N5O2. The molecule has 3 aromatic heterocycles. The van der Waals surface area contributed by atoms with Crippen molar-refractivity contribution in [1.82, 2.24) is 20.3 Å². The highest BCUT2D eigenvalue weighted by Gasteiger charge is 2.23. The van der Waals surface area contributed by atoms with E-state index in [-0.39, 0.29) is 11.8 Å². The molecule has 37 heavy (non-hydrogen) atoms. The minimum atomic E-state index is -0.0933. The van der Waals surface area contributed by atoms with Crippen LogP contribution in [0.2, 0.25) is 0 Å². The number of nitrogens with zero attached hydrogens (tertiary/aromatic N) is 4. The zero-order chi connectivity index (χ0) is 25.2. The molecule has 0 bridgehead atoms. The zero-order valence-corrected chi connectivity index (χ0v) is 20.2. The molecule has 4 heterocycles. The van der Waals surface area contributed by atoms with E-state index in [0.29, 0.717) is 25.0 Å². The third kappa shape index (κ3) is 4.63. The van der Waals surface area contributed by atoms with Gasteiger partial charge in [0.25, 0.3) is 0 Å². The number of nitrogens with one attached hydrogen (secondary N) is 1. The van der Waals surface area contributed by atoms with Crippen LogP contribution in [0.4, 0.5) is 5.69 Å². The molecule has 7 nitrogen and oxygen atoms in total. The predicted octanol–water partition coefficient (Wildman–Crippen LogP) is 4.59. The first-order chi connectivity index (χ1) is 18.2. The first-order valence-corrected chi connectivity index (χ1v) is 12.4. The molecule has 1 aromatic carbocycles. The van der Waals surface area contributed by atoms with E-state index in [4.69, 9.17) is 0 Å². The topological polar surface area (TPSA) is 88.1 Å². The molecule has 1 aliphatic heterocycles. The molecule has 1 aliphatic carbocycles. The number of fused-ring (bicyclic) bond motifs is 1. The number of carbonyl (C=O) groups is 2. The highest BCUT2D eigenvalue weighted by Crippen LogP contribution is 2.34. The second-order valence-corrected chi connectivity index (χ2v) is 9.26. The average Bonchev–Trinajstić information content (AvgIpc) is 3.59. The number of benzene rings is 1. The van der Waals surface area contributed by atoms with Gasteiger partial charge in [-0.05, 0) is 65.6 Å². The molecule has 2 aliphatic rings. The second-order valence-electron chi connectivity index (χ2n) is 9.26. The molecule has 0 saturated carbocycles. The van der Waals surface area contributed by atoms with Gasteiger partial charge in [-0.2, -0.15) is 0 Å². The molecule has 182 valence electrons. The van der Waals surface area contributed by atoms with Crippen molar-refractivity contribution in [3.63, 3.8) is 0 Å². The lowest BCUT2D eigenvalue weighted by atomic mass is 9.98. The van der Waals surface area contributed by atoms with Crippen LogP contribution in [-0.2, 0) is 22.6 Å². The number of carbonyl (C=O) groups excluding carboxylic acids is 2. The van der Waals surface area contributed by atoms with Crippen LogP contribution in [0.5, 0.6) is 0 Å². The minimum Gasteiger partial charge on any atom is -0.348 e. The van der Waals surface area contributed by atoms with Crippen LogP contribution in [0, 0.1) is 0 Å². The average molecular weight is 488 g/mol. The molecule has 1 N–H and O–H groups in total. The SMILES string of the molecule is O=C(NCc1ccncc1)C1=Cc2c(-c3cncc(-c4ccc(N5CCCC5=O)cc4)c3)ccnc2C1. The Morgan fingerprint density at radius 2 is 1.73 bits per heavy atom. The summed E-state index contributed by atoms with van der Waals surface area (Å²) in [6.45, 7) is 1.23. The van der Waals surface area contributed by atoms with Gasteiger partial charge in [0.2, 0.25) is 11.8 Å². The van der Waals surface area contributed by atoms with Gasteiger partial charge in [0.1, 0.15) is 0 Å². The van der Waals surface area contributed by atoms with E-state index in [1.165, 1.54) is 0 Å². The van der Waals surface area contributed by atoms with Crippen LogP contribution < -0.4 is 10.2 Å². The minimum absolute atomic E-state index is 0.0933. The van der Waals surface area contributed by atoms with Gasteiger partial charge in [-0.1, -0.05) is 12.1 Å². The number of hydrogen-bond acceptors (Lipinski definition) is 5. The number of pyridine rings is 3. The van der Waals surface area contributed by atoms with E-state index in [2.05, 4.69) is 26.3 Å². The summed E-state index contributed by atoms with van der Waals surface area (Å²) < 4.78 is 0. The summed E-state index contributed by atoms with van der Waals surface area (Å²) in [4.78, 5) is 39.8. The van der Waals surface area contributed by atoms with Crippen LogP contribution in [-0.4, -0.2) is 33.3 Å². The molecule has 4 aromatic rings. The zero-order valence-electron chi connectivity index (χ0n) is 20.2. The fourth-order valence-electron chi connectivity index (χ4n) is 4.92. The molecule has 0 unspecified atom stereocenters. The van der Waals surface area contributed by atoms with Gasteiger partial charge >= 0.3 is 0 Å². The second kappa shape index (κ2) is 9.78. The molecule has 7 heteroatoms. The van der Waals surface area contributed by atoms with E-state index >= 15 is 0 Å². The summed E-state index contributed by atoms with van der Waals surface area (Å²) in [6, 6.07) is 15.9. The van der Waals surface area contributed by atoms with Gasteiger partial charge in [0, 0.05) is 84.9 Å². The van der Waals surface area contributed by atoms with Gasteiger partial charge in [-0.15, -0.1) is 0 Å². The normalized spacial score (nSPS) is 14.4. The van der Waals surface area contributed by atoms with Gasteiger partial charge in [0.15, 0.2) is 0 Å². The Balaban J connectivity index is 1.23. The van der Waals surface area contributed by atoms with E-state index in [1.807, 2.05) is 65.8 Å². The van der Waals surface area contributed by atoms with E-state index in [9.17, 15) is 9.59 Å². The summed E-state index contributed by atoms with van der Waals surface area (Å²) in [5, 5.41) is 2.99. The van der Waals surface area contributed by atoms with Crippen LogP contribution in [0.1, 0.15) is 29.7 Å². The van der Waals surface area contributed by atoms with Crippen molar-refractivity contribution in [2.75, 3.05) is 11.4 Å². The number of aromatic nitrogens is 3. The fourth-order valence-corrected chi connectivity index (χ4v) is 4.92. The van der Waals surface area contributed by atoms with Gasteiger partial charge in [-0.3, -0.25) is 24.5 Å². The lowest BCUT2D eigenvalue weighted by Gasteiger charge is -2.16. The van der Waals surface area contributed by atoms with Crippen LogP contribution >= 0.6 is 0 Å². The van der Waals surface area contributed by atoms with Crippen molar-refractivity contribution in [2.24, 2.45) is 0 Å². The first kappa shape index (κ1) is 22.8. The smallest absolute Gasteiger partial charge is 0.247 e. The molecule has 2 amide bonds. The maximum absolute atomic E-state index is 12.9. The Labute approximate surface area is 214 Å². The van der Waals surface area contributed by atoms with Gasteiger partial charge in [0.05, 0.1) is 5.69 Å². The summed E-state index contributed by atoms with van der Waals surface area (Å²) in [7, 11) is 0. The standard InChI is InChI=1S/C30H25N5O2/c36-29-2-1-13-35(29)25-5-3-21(4-6-25)23-14-24(19-32-18-23)26-9-12-33-28-16-22(15-27(26)28)30(37)34-17-20-7-10-31-11-8-20/h3-12,14-15,18-19H,1-2,13,16-17H2,(H,34,37). The summed E-state index contributed by atoms with van der Waals surface area (Å²) >= 11 is 0. The van der Waals surface area contributed by atoms with Crippen molar-refractivity contribution in [1.29, 1.82) is 0 Å². The Hall–Kier alpha value is -4.65. The number of anilines is 1. The Bertz CT molecular complexity index is 1510. The van der Waals surface area contributed by atoms with E-state index < -0.39 is 0 Å². The number of amides is 2. The third-order valence-corrected chi connectivity index (χ3v) is 6.88. The fraction of sp³-hybridized carbons (Fsp3) is 0.167. The van der Waals surface area contributed by atoms with E-state index in [0.717, 1.165) is 57.7 Å². The lowest BCUT2D eigenvalue weighted by molar-refractivity contribution is -0.118. The van der Waals surface area contributed by atoms with Gasteiger partial charge in [-0.25, -0.2) is 0 Å². The Morgan fingerprint density at radius 1 is 0.919 bits per heavy atom. The summed E-state index contributed by atoms with van der Waals surface area (Å²) in [5.41, 5.74) is 8.45. The monoisotopic (exact) mass is 487 g/mol. The third-order valence-electron chi connectivity index (χ3n) is 6.88.